The van der Waals surface area contributed by atoms with Gasteiger partial charge in [-0.25, -0.2) is 9.59 Å². The lowest BCUT2D eigenvalue weighted by Gasteiger charge is -2.41. The lowest BCUT2D eigenvalue weighted by molar-refractivity contribution is -0.145. The Bertz CT molecular complexity index is 3050. The highest BCUT2D eigenvalue weighted by molar-refractivity contribution is 6.38. The Hall–Kier alpha value is -7.00. The largest absolute Gasteiger partial charge is 0.508 e. The third-order valence-corrected chi connectivity index (χ3v) is 21.5. The number of primary amides is 2. The van der Waals surface area contributed by atoms with Crippen LogP contribution in [0, 0.1) is 57.2 Å². The number of carbonyl (C=O) groups is 10. The maximum atomic E-state index is 14.4. The maximum absolute atomic E-state index is 14.4. The molecule has 3 heterocycles. The second-order valence-corrected chi connectivity index (χ2v) is 31.3. The SMILES string of the molecule is CC(C)(C)[C@H](NC(=O)NC1(Cc2cccc(O)c2)CCCCC1)C(=O)N1C[C@H]2[C@@H]([C@H]1C(=O)NC(CC1CC1)C(=O)C(N)=O)C2(C)C.CC(C)(C)[C@H](NC(=O)NC1(Cc2ccoc2)CCCCC1)C(=O)N1C[C@H]2[C@@H]([C@H]1C(=O)NC(CC1CC1)C(=O)C(N)=O)C2(C)C. The number of aromatic hydroxyl groups is 1. The molecule has 8 fully saturated rings. The number of rotatable bonds is 22. The van der Waals surface area contributed by atoms with Crippen LogP contribution in [0.5, 0.6) is 5.75 Å². The number of amides is 10. The van der Waals surface area contributed by atoms with Gasteiger partial charge in [0.15, 0.2) is 0 Å². The zero-order valence-corrected chi connectivity index (χ0v) is 54.6. The maximum Gasteiger partial charge on any atom is 0.315 e. The second kappa shape index (κ2) is 25.9. The number of fused-ring (bicyclic) bond motifs is 2. The molecule has 10 atom stereocenters. The Morgan fingerprint density at radius 2 is 0.978 bits per heavy atom. The Labute approximate surface area is 529 Å². The number of nitrogens with one attached hydrogen (secondary N) is 6. The molecule has 0 bridgehead atoms. The average Bonchev–Trinajstić information content (AvgIpc) is 1.53. The van der Waals surface area contributed by atoms with E-state index in [1.807, 2.05) is 53.7 Å². The number of carbonyl (C=O) groups excluding carboxylic acids is 10. The van der Waals surface area contributed by atoms with Crippen LogP contribution in [0.2, 0.25) is 0 Å². The van der Waals surface area contributed by atoms with Crippen molar-refractivity contribution < 1.29 is 57.5 Å². The van der Waals surface area contributed by atoms with Crippen molar-refractivity contribution in [1.29, 1.82) is 0 Å². The van der Waals surface area contributed by atoms with Crippen LogP contribution in [-0.2, 0) is 51.2 Å². The van der Waals surface area contributed by atoms with Crippen LogP contribution in [-0.4, -0.2) is 134 Å². The van der Waals surface area contributed by atoms with E-state index in [0.717, 1.165) is 101 Å². The first-order chi connectivity index (χ1) is 42.1. The third-order valence-electron chi connectivity index (χ3n) is 21.5. The molecule has 8 aliphatic rings. The van der Waals surface area contributed by atoms with Crippen LogP contribution >= 0.6 is 0 Å². The first-order valence-corrected chi connectivity index (χ1v) is 33.0. The Balaban J connectivity index is 0.000000214. The molecular formula is C68H100N10O12. The fraction of sp³-hybridized carbons (Fsp3) is 0.706. The lowest BCUT2D eigenvalue weighted by Crippen LogP contribution is -2.63. The molecular weight excluding hydrogens is 1150 g/mol. The van der Waals surface area contributed by atoms with E-state index in [0.29, 0.717) is 38.8 Å². The van der Waals surface area contributed by atoms with Crippen molar-refractivity contribution in [3.63, 3.8) is 0 Å². The van der Waals surface area contributed by atoms with Crippen molar-refractivity contribution in [2.45, 2.75) is 232 Å². The zero-order valence-electron chi connectivity index (χ0n) is 54.6. The van der Waals surface area contributed by atoms with Crippen LogP contribution in [0.4, 0.5) is 9.59 Å². The molecule has 10 amide bonds. The van der Waals surface area contributed by atoms with Gasteiger partial charge in [-0.1, -0.05) is 146 Å². The van der Waals surface area contributed by atoms with E-state index in [4.69, 9.17) is 15.9 Å². The fourth-order valence-corrected chi connectivity index (χ4v) is 15.8. The second-order valence-electron chi connectivity index (χ2n) is 31.3. The molecule has 1 aromatic heterocycles. The predicted molar refractivity (Wildman–Crippen MR) is 335 cm³/mol. The van der Waals surface area contributed by atoms with Gasteiger partial charge in [-0.3, -0.25) is 38.4 Å². The molecule has 6 saturated carbocycles. The molecule has 90 heavy (non-hydrogen) atoms. The van der Waals surface area contributed by atoms with Gasteiger partial charge in [0.25, 0.3) is 11.8 Å². The minimum absolute atomic E-state index is 0.0911. The summed E-state index contributed by atoms with van der Waals surface area (Å²) in [4.78, 5) is 136. The normalized spacial score (nSPS) is 26.2. The van der Waals surface area contributed by atoms with Gasteiger partial charge >= 0.3 is 12.1 Å². The zero-order chi connectivity index (χ0) is 65.6. The summed E-state index contributed by atoms with van der Waals surface area (Å²) in [6.07, 6.45) is 18.3. The molecule has 2 unspecified atom stereocenters. The first-order valence-electron chi connectivity index (χ1n) is 33.0. The summed E-state index contributed by atoms with van der Waals surface area (Å²) in [5.74, 6) is -4.67. The van der Waals surface area contributed by atoms with Crippen LogP contribution in [0.15, 0.2) is 47.3 Å². The van der Waals surface area contributed by atoms with E-state index in [9.17, 15) is 53.1 Å². The van der Waals surface area contributed by atoms with Crippen molar-refractivity contribution in [3.8, 4) is 5.75 Å². The number of furan rings is 1. The number of nitrogens with two attached hydrogens (primary N) is 2. The van der Waals surface area contributed by atoms with E-state index in [1.54, 1.807) is 40.5 Å². The Morgan fingerprint density at radius 3 is 1.32 bits per heavy atom. The molecule has 10 rings (SSSR count). The number of piperidine rings is 2. The topological polar surface area (TPSA) is 335 Å². The summed E-state index contributed by atoms with van der Waals surface area (Å²) in [7, 11) is 0. The van der Waals surface area contributed by atoms with Gasteiger partial charge in [-0.05, 0) is 138 Å². The number of hydrogen-bond acceptors (Lipinski definition) is 12. The highest BCUT2D eigenvalue weighted by Crippen LogP contribution is 2.66. The van der Waals surface area contributed by atoms with Gasteiger partial charge in [0, 0.05) is 24.2 Å². The highest BCUT2D eigenvalue weighted by Gasteiger charge is 2.71. The van der Waals surface area contributed by atoms with Crippen molar-refractivity contribution in [2.75, 3.05) is 13.1 Å². The van der Waals surface area contributed by atoms with Gasteiger partial charge in [-0.15, -0.1) is 0 Å². The summed E-state index contributed by atoms with van der Waals surface area (Å²) in [6, 6.07) is 2.62. The number of urea groups is 2. The number of benzene rings is 1. The highest BCUT2D eigenvalue weighted by atomic mass is 16.3. The summed E-state index contributed by atoms with van der Waals surface area (Å²) >= 11 is 0. The molecule has 22 heteroatoms. The smallest absolute Gasteiger partial charge is 0.315 e. The Morgan fingerprint density at radius 1 is 0.578 bits per heavy atom. The number of Topliss-reactive ketones (excluding diaryl/α,β-unsaturated/α-hetero) is 2. The molecule has 1 aromatic carbocycles. The van der Waals surface area contributed by atoms with Crippen LogP contribution in [0.1, 0.15) is 183 Å². The summed E-state index contributed by atoms with van der Waals surface area (Å²) in [6.45, 7) is 20.4. The minimum atomic E-state index is -1.09. The third kappa shape index (κ3) is 15.3. The number of nitrogens with zero attached hydrogens (tertiary/aromatic N) is 2. The van der Waals surface area contributed by atoms with Crippen LogP contribution in [0.25, 0.3) is 0 Å². The summed E-state index contributed by atoms with van der Waals surface area (Å²) in [5.41, 5.74) is 9.94. The van der Waals surface area contributed by atoms with E-state index in [2.05, 4.69) is 59.6 Å². The van der Waals surface area contributed by atoms with E-state index < -0.39 is 105 Å². The minimum Gasteiger partial charge on any atom is -0.508 e. The Kier molecular flexibility index (Phi) is 19.4. The van der Waals surface area contributed by atoms with E-state index in [1.165, 1.54) is 0 Å². The molecule has 2 aliphatic heterocycles. The molecule has 0 radical (unpaired) electrons. The number of hydrogen-bond donors (Lipinski definition) is 9. The number of ketones is 2. The number of phenols is 1. The fourth-order valence-electron chi connectivity index (χ4n) is 15.8. The lowest BCUT2D eigenvalue weighted by atomic mass is 9.77. The average molecular weight is 1250 g/mol. The van der Waals surface area contributed by atoms with Crippen LogP contribution < -0.4 is 43.4 Å². The summed E-state index contributed by atoms with van der Waals surface area (Å²) < 4.78 is 5.28. The van der Waals surface area contributed by atoms with Gasteiger partial charge in [0.2, 0.25) is 35.2 Å². The predicted octanol–water partition coefficient (Wildman–Crippen LogP) is 6.24. The quantitative estimate of drug-likeness (QED) is 0.0592. The molecule has 6 aliphatic carbocycles. The molecule has 0 spiro atoms. The first kappa shape index (κ1) is 67.4. The van der Waals surface area contributed by atoms with Crippen LogP contribution in [0.3, 0.4) is 0 Å². The van der Waals surface area contributed by atoms with Crippen molar-refractivity contribution in [2.24, 2.45) is 68.6 Å². The number of likely N-dealkylation sites (tertiary alicyclic amines) is 2. The standard InChI is InChI=1S/C35H51N5O6.C33H49N5O6/c1-33(2,3)28(38-32(46)39-35(14-7-6-8-15-35)18-21-10-9-11-22(41)16-21)31(45)40-19-23-25(34(23,4)5)26(40)30(44)37-24(17-20-12-13-20)27(42)29(36)43;1-31(2,3)26(36-30(43)37-33(12-7-6-8-13-33)16-20-11-14-44-18-20)29(42)38-17-21-23(32(21,4)5)24(38)28(41)35-22(15-19-9-10-19)25(39)27(34)40/h9-11,16,20,23-26,28,41H,6-8,12-15,17-19H2,1-5H3,(H2,36,43)(H,37,44)(H2,38,39,46);11,14,18-19,21-24,26H,6-10,12-13,15-17H2,1-5H3,(H2,34,40)(H,35,41)(H2,36,37,43)/t23-,24?,25-,26-,28+;21-,22?,23-,24-,26+/m00/s1. The van der Waals surface area contributed by atoms with Crippen molar-refractivity contribution in [1.82, 2.24) is 41.7 Å². The molecule has 494 valence electrons. The van der Waals surface area contributed by atoms with E-state index in [-0.39, 0.29) is 63.9 Å². The van der Waals surface area contributed by atoms with Gasteiger partial charge in [-0.2, -0.15) is 0 Å². The van der Waals surface area contributed by atoms with Gasteiger partial charge < -0.3 is 62.7 Å². The summed E-state index contributed by atoms with van der Waals surface area (Å²) in [5, 5.41) is 28.1. The van der Waals surface area contributed by atoms with Gasteiger partial charge in [0.1, 0.15) is 29.9 Å². The molecule has 2 saturated heterocycles. The van der Waals surface area contributed by atoms with Crippen molar-refractivity contribution in [3.05, 3.63) is 54.0 Å². The number of phenolic OH excluding ortho intramolecular Hbond substituents is 1. The van der Waals surface area contributed by atoms with Gasteiger partial charge in [0.05, 0.1) is 24.6 Å². The monoisotopic (exact) mass is 1250 g/mol. The molecule has 22 nitrogen and oxygen atoms in total. The van der Waals surface area contributed by atoms with E-state index >= 15 is 0 Å². The van der Waals surface area contributed by atoms with Crippen molar-refractivity contribution >= 4 is 59.1 Å². The molecule has 11 N–H and O–H groups in total. The molecule has 2 aromatic rings.